The molecule has 4 heteroatoms. The fourth-order valence-electron chi connectivity index (χ4n) is 3.23. The van der Waals surface area contributed by atoms with Gasteiger partial charge in [0.15, 0.2) is 0 Å². The highest BCUT2D eigenvalue weighted by Crippen LogP contribution is 2.60. The molecule has 1 fully saturated rings. The van der Waals surface area contributed by atoms with E-state index in [1.54, 1.807) is 23.1 Å². The number of allylic oxidation sites excluding steroid dienone is 2. The minimum atomic E-state index is -0.451. The molecule has 1 aliphatic rings. The summed E-state index contributed by atoms with van der Waals surface area (Å²) >= 11 is 0. The van der Waals surface area contributed by atoms with Crippen LogP contribution in [0.4, 0.5) is 0 Å². The van der Waals surface area contributed by atoms with Crippen molar-refractivity contribution < 1.29 is 9.59 Å². The quantitative estimate of drug-likeness (QED) is 0.849. The van der Waals surface area contributed by atoms with Gasteiger partial charge in [0, 0.05) is 19.2 Å². The molecule has 0 radical (unpaired) electrons. The molecule has 2 amide bonds. The Balaban J connectivity index is 2.08. The molecule has 0 saturated heterocycles. The van der Waals surface area contributed by atoms with Crippen molar-refractivity contribution in [3.63, 3.8) is 0 Å². The zero-order chi connectivity index (χ0) is 17.4. The lowest BCUT2D eigenvalue weighted by Crippen LogP contribution is -2.29. The summed E-state index contributed by atoms with van der Waals surface area (Å²) in [6.07, 6.45) is 2.20. The molecule has 0 bridgehead atoms. The van der Waals surface area contributed by atoms with E-state index in [9.17, 15) is 9.59 Å². The zero-order valence-corrected chi connectivity index (χ0v) is 14.6. The normalized spacial score (nSPS) is 21.4. The Morgan fingerprint density at radius 2 is 1.96 bits per heavy atom. The predicted octanol–water partition coefficient (Wildman–Crippen LogP) is 2.98. The standard InChI is InChI=1S/C19H26N2O2/c1-12(2)9-15-16(19(15,3)4)18(23)21(5)11-13-7-6-8-14(10-13)17(20)22/h6-10,15-16H,11H2,1-5H3,(H2,20,22)/t15-,16-/m0/s1. The third-order valence-electron chi connectivity index (χ3n) is 4.70. The summed E-state index contributed by atoms with van der Waals surface area (Å²) in [4.78, 5) is 25.7. The van der Waals surface area contributed by atoms with Gasteiger partial charge in [-0.1, -0.05) is 37.6 Å². The number of nitrogens with two attached hydrogens (primary N) is 1. The molecular formula is C19H26N2O2. The van der Waals surface area contributed by atoms with Crippen LogP contribution in [0.2, 0.25) is 0 Å². The minimum absolute atomic E-state index is 0.0116. The average Bonchev–Trinajstić information content (AvgIpc) is 2.98. The Morgan fingerprint density at radius 1 is 1.30 bits per heavy atom. The summed E-state index contributed by atoms with van der Waals surface area (Å²) in [7, 11) is 1.81. The summed E-state index contributed by atoms with van der Waals surface area (Å²) < 4.78 is 0. The van der Waals surface area contributed by atoms with Crippen LogP contribution in [0.5, 0.6) is 0 Å². The molecule has 0 heterocycles. The highest BCUT2D eigenvalue weighted by Gasteiger charge is 2.60. The van der Waals surface area contributed by atoms with E-state index in [0.717, 1.165) is 5.56 Å². The van der Waals surface area contributed by atoms with Crippen molar-refractivity contribution in [2.24, 2.45) is 23.0 Å². The molecule has 2 rings (SSSR count). The summed E-state index contributed by atoms with van der Waals surface area (Å²) in [6, 6.07) is 7.13. The van der Waals surface area contributed by atoms with Crippen molar-refractivity contribution in [1.82, 2.24) is 4.90 Å². The fourth-order valence-corrected chi connectivity index (χ4v) is 3.23. The molecule has 0 aromatic heterocycles. The molecule has 1 aliphatic carbocycles. The molecule has 1 aromatic rings. The lowest BCUT2D eigenvalue weighted by atomic mass is 10.1. The smallest absolute Gasteiger partial charge is 0.248 e. The van der Waals surface area contributed by atoms with Gasteiger partial charge in [0.05, 0.1) is 5.92 Å². The van der Waals surface area contributed by atoms with Crippen molar-refractivity contribution >= 4 is 11.8 Å². The first kappa shape index (κ1) is 17.3. The molecule has 23 heavy (non-hydrogen) atoms. The van der Waals surface area contributed by atoms with Gasteiger partial charge in [0.1, 0.15) is 0 Å². The Hall–Kier alpha value is -2.10. The molecule has 124 valence electrons. The molecule has 4 nitrogen and oxygen atoms in total. The zero-order valence-electron chi connectivity index (χ0n) is 14.6. The number of amides is 2. The van der Waals surface area contributed by atoms with Crippen LogP contribution in [0, 0.1) is 17.3 Å². The second-order valence-corrected chi connectivity index (χ2v) is 7.33. The van der Waals surface area contributed by atoms with Crippen LogP contribution in [-0.2, 0) is 11.3 Å². The van der Waals surface area contributed by atoms with Crippen LogP contribution in [0.25, 0.3) is 0 Å². The van der Waals surface area contributed by atoms with Gasteiger partial charge in [0.2, 0.25) is 11.8 Å². The van der Waals surface area contributed by atoms with E-state index in [-0.39, 0.29) is 17.2 Å². The van der Waals surface area contributed by atoms with Crippen LogP contribution in [-0.4, -0.2) is 23.8 Å². The molecule has 0 unspecified atom stereocenters. The molecule has 0 aliphatic heterocycles. The first-order valence-electron chi connectivity index (χ1n) is 7.93. The number of nitrogens with zero attached hydrogens (tertiary/aromatic N) is 1. The van der Waals surface area contributed by atoms with E-state index in [4.69, 9.17) is 5.73 Å². The predicted molar refractivity (Wildman–Crippen MR) is 91.6 cm³/mol. The highest BCUT2D eigenvalue weighted by molar-refractivity contribution is 5.93. The summed E-state index contributed by atoms with van der Waals surface area (Å²) in [6.45, 7) is 8.89. The molecular weight excluding hydrogens is 288 g/mol. The van der Waals surface area contributed by atoms with Gasteiger partial charge in [-0.2, -0.15) is 0 Å². The number of hydrogen-bond acceptors (Lipinski definition) is 2. The summed E-state index contributed by atoms with van der Waals surface area (Å²) in [5.41, 5.74) is 7.94. The van der Waals surface area contributed by atoms with E-state index in [1.165, 1.54) is 5.57 Å². The van der Waals surface area contributed by atoms with Gasteiger partial charge >= 0.3 is 0 Å². The highest BCUT2D eigenvalue weighted by atomic mass is 16.2. The van der Waals surface area contributed by atoms with Gasteiger partial charge in [-0.05, 0) is 42.9 Å². The molecule has 1 aromatic carbocycles. The van der Waals surface area contributed by atoms with Crippen LogP contribution in [0.15, 0.2) is 35.9 Å². The van der Waals surface area contributed by atoms with Crippen LogP contribution in [0.1, 0.15) is 43.6 Å². The third-order valence-corrected chi connectivity index (χ3v) is 4.70. The second kappa shape index (κ2) is 6.19. The van der Waals surface area contributed by atoms with Crippen LogP contribution >= 0.6 is 0 Å². The first-order chi connectivity index (χ1) is 10.6. The van der Waals surface area contributed by atoms with Crippen LogP contribution < -0.4 is 5.73 Å². The maximum atomic E-state index is 12.7. The fraction of sp³-hybridized carbons (Fsp3) is 0.474. The van der Waals surface area contributed by atoms with Gasteiger partial charge in [-0.25, -0.2) is 0 Å². The third kappa shape index (κ3) is 3.63. The van der Waals surface area contributed by atoms with Crippen molar-refractivity contribution in [2.45, 2.75) is 34.2 Å². The topological polar surface area (TPSA) is 63.4 Å². The SMILES string of the molecule is CC(C)=C[C@H]1[C@@H](C(=O)N(C)Cc2cccc(C(N)=O)c2)C1(C)C. The van der Waals surface area contributed by atoms with Gasteiger partial charge in [-0.15, -0.1) is 0 Å². The number of carbonyl (C=O) groups excluding carboxylic acids is 2. The Kier molecular flexibility index (Phi) is 4.64. The van der Waals surface area contributed by atoms with Gasteiger partial charge < -0.3 is 10.6 Å². The number of primary amides is 1. The second-order valence-electron chi connectivity index (χ2n) is 7.33. The van der Waals surface area contributed by atoms with Crippen LogP contribution in [0.3, 0.4) is 0 Å². The van der Waals surface area contributed by atoms with E-state index in [0.29, 0.717) is 18.0 Å². The number of benzene rings is 1. The molecule has 0 spiro atoms. The van der Waals surface area contributed by atoms with E-state index >= 15 is 0 Å². The lowest BCUT2D eigenvalue weighted by molar-refractivity contribution is -0.132. The average molecular weight is 314 g/mol. The first-order valence-corrected chi connectivity index (χ1v) is 7.93. The van der Waals surface area contributed by atoms with E-state index in [1.807, 2.05) is 13.1 Å². The van der Waals surface area contributed by atoms with Crippen molar-refractivity contribution in [3.8, 4) is 0 Å². The van der Waals surface area contributed by atoms with Crippen molar-refractivity contribution in [2.75, 3.05) is 7.05 Å². The van der Waals surface area contributed by atoms with Crippen molar-refractivity contribution in [1.29, 1.82) is 0 Å². The number of hydrogen-bond donors (Lipinski definition) is 1. The summed E-state index contributed by atoms with van der Waals surface area (Å²) in [5, 5.41) is 0. The number of rotatable bonds is 5. The maximum Gasteiger partial charge on any atom is 0.248 e. The van der Waals surface area contributed by atoms with E-state index < -0.39 is 5.91 Å². The van der Waals surface area contributed by atoms with E-state index in [2.05, 4.69) is 33.8 Å². The largest absolute Gasteiger partial charge is 0.366 e. The maximum absolute atomic E-state index is 12.7. The molecule has 1 saturated carbocycles. The lowest BCUT2D eigenvalue weighted by Gasteiger charge is -2.18. The minimum Gasteiger partial charge on any atom is -0.366 e. The Labute approximate surface area is 138 Å². The Bertz CT molecular complexity index is 657. The molecule has 2 atom stereocenters. The van der Waals surface area contributed by atoms with Gasteiger partial charge in [-0.3, -0.25) is 9.59 Å². The monoisotopic (exact) mass is 314 g/mol. The van der Waals surface area contributed by atoms with Crippen molar-refractivity contribution in [3.05, 3.63) is 47.0 Å². The molecule has 2 N–H and O–H groups in total. The summed E-state index contributed by atoms with van der Waals surface area (Å²) in [5.74, 6) is 0.0379. The van der Waals surface area contributed by atoms with Gasteiger partial charge in [0.25, 0.3) is 0 Å². The Morgan fingerprint density at radius 3 is 2.52 bits per heavy atom. The number of carbonyl (C=O) groups is 2.